The molecule has 7 nitrogen and oxygen atoms in total. The first-order chi connectivity index (χ1) is 11.8. The molecule has 0 aliphatic carbocycles. The SMILES string of the molecule is COC(=O)c1cc(C(=O)O[C@H](C)c2ccccc2Cl)cc([N+](=O)[O-])c1. The fourth-order valence-electron chi connectivity index (χ4n) is 2.17. The molecule has 0 fully saturated rings. The molecule has 0 aromatic heterocycles. The van der Waals surface area contributed by atoms with Crippen molar-refractivity contribution in [3.05, 3.63) is 74.3 Å². The van der Waals surface area contributed by atoms with Crippen LogP contribution >= 0.6 is 11.6 Å². The van der Waals surface area contributed by atoms with Crippen LogP contribution in [0.1, 0.15) is 39.3 Å². The van der Waals surface area contributed by atoms with Crippen molar-refractivity contribution in [1.82, 2.24) is 0 Å². The van der Waals surface area contributed by atoms with E-state index in [0.29, 0.717) is 10.6 Å². The van der Waals surface area contributed by atoms with Crippen molar-refractivity contribution >= 4 is 29.2 Å². The standard InChI is InChI=1S/C17H14ClNO6/c1-10(14-5-3-4-6-15(14)18)25-17(21)12-7-11(16(20)24-2)8-13(9-12)19(22)23/h3-10H,1-2H3/t10-/m1/s1. The molecule has 0 saturated carbocycles. The molecule has 1 atom stereocenters. The third-order valence-corrected chi connectivity index (χ3v) is 3.76. The van der Waals surface area contributed by atoms with E-state index in [2.05, 4.69) is 4.74 Å². The molecule has 0 N–H and O–H groups in total. The van der Waals surface area contributed by atoms with Crippen molar-refractivity contribution in [2.75, 3.05) is 7.11 Å². The molecule has 0 aliphatic heterocycles. The average Bonchev–Trinajstić information content (AvgIpc) is 2.60. The van der Waals surface area contributed by atoms with Gasteiger partial charge in [-0.25, -0.2) is 9.59 Å². The minimum absolute atomic E-state index is 0.117. The van der Waals surface area contributed by atoms with Crippen molar-refractivity contribution in [2.45, 2.75) is 13.0 Å². The van der Waals surface area contributed by atoms with Gasteiger partial charge in [0, 0.05) is 22.7 Å². The van der Waals surface area contributed by atoms with Gasteiger partial charge < -0.3 is 9.47 Å². The zero-order valence-electron chi connectivity index (χ0n) is 13.4. The van der Waals surface area contributed by atoms with Crippen molar-refractivity contribution < 1.29 is 24.0 Å². The molecule has 0 bridgehead atoms. The molecule has 2 rings (SSSR count). The summed E-state index contributed by atoms with van der Waals surface area (Å²) in [6.07, 6.45) is -0.679. The lowest BCUT2D eigenvalue weighted by atomic mass is 10.1. The predicted molar refractivity (Wildman–Crippen MR) is 89.7 cm³/mol. The Kier molecular flexibility index (Phi) is 5.71. The molecule has 130 valence electrons. The summed E-state index contributed by atoms with van der Waals surface area (Å²) < 4.78 is 9.85. The van der Waals surface area contributed by atoms with Gasteiger partial charge in [-0.2, -0.15) is 0 Å². The molecule has 0 spiro atoms. The van der Waals surface area contributed by atoms with E-state index in [0.717, 1.165) is 19.2 Å². The van der Waals surface area contributed by atoms with Crippen LogP contribution in [0.5, 0.6) is 0 Å². The lowest BCUT2D eigenvalue weighted by Gasteiger charge is -2.15. The van der Waals surface area contributed by atoms with Gasteiger partial charge in [0.15, 0.2) is 0 Å². The van der Waals surface area contributed by atoms with Crippen LogP contribution in [0.4, 0.5) is 5.69 Å². The summed E-state index contributed by atoms with van der Waals surface area (Å²) in [7, 11) is 1.14. The Hall–Kier alpha value is -2.93. The highest BCUT2D eigenvalue weighted by Gasteiger charge is 2.21. The van der Waals surface area contributed by atoms with E-state index in [1.807, 2.05) is 0 Å². The van der Waals surface area contributed by atoms with Gasteiger partial charge in [0.05, 0.1) is 23.2 Å². The molecule has 0 saturated heterocycles. The van der Waals surface area contributed by atoms with Crippen LogP contribution in [0.15, 0.2) is 42.5 Å². The highest BCUT2D eigenvalue weighted by molar-refractivity contribution is 6.31. The molecule has 0 unspecified atom stereocenters. The van der Waals surface area contributed by atoms with Gasteiger partial charge >= 0.3 is 11.9 Å². The lowest BCUT2D eigenvalue weighted by Crippen LogP contribution is -2.12. The number of nitro groups is 1. The number of non-ortho nitro benzene ring substituents is 1. The number of esters is 2. The third kappa shape index (κ3) is 4.33. The lowest BCUT2D eigenvalue weighted by molar-refractivity contribution is -0.384. The Morgan fingerprint density at radius 3 is 2.28 bits per heavy atom. The number of nitro benzene ring substituents is 1. The van der Waals surface area contributed by atoms with E-state index in [1.165, 1.54) is 6.07 Å². The van der Waals surface area contributed by atoms with Crippen molar-refractivity contribution in [1.29, 1.82) is 0 Å². The van der Waals surface area contributed by atoms with Crippen LogP contribution in [0.25, 0.3) is 0 Å². The maximum atomic E-state index is 12.3. The molecular formula is C17H14ClNO6. The highest BCUT2D eigenvalue weighted by Crippen LogP contribution is 2.27. The average molecular weight is 364 g/mol. The first kappa shape index (κ1) is 18.4. The van der Waals surface area contributed by atoms with Crippen LogP contribution in [0.3, 0.4) is 0 Å². The quantitative estimate of drug-likeness (QED) is 0.453. The van der Waals surface area contributed by atoms with Crippen LogP contribution in [-0.4, -0.2) is 24.0 Å². The third-order valence-electron chi connectivity index (χ3n) is 3.41. The topological polar surface area (TPSA) is 95.7 Å². The monoisotopic (exact) mass is 363 g/mol. The number of hydrogen-bond donors (Lipinski definition) is 0. The number of halogens is 1. The minimum atomic E-state index is -0.818. The number of ether oxygens (including phenoxy) is 2. The molecule has 2 aromatic carbocycles. The predicted octanol–water partition coefficient (Wildman–Crippen LogP) is 3.95. The number of carbonyl (C=O) groups excluding carboxylic acids is 2. The second-order valence-electron chi connectivity index (χ2n) is 5.09. The van der Waals surface area contributed by atoms with Gasteiger partial charge in [-0.1, -0.05) is 29.8 Å². The number of carbonyl (C=O) groups is 2. The summed E-state index contributed by atoms with van der Waals surface area (Å²) in [6.45, 7) is 1.62. The summed E-state index contributed by atoms with van der Waals surface area (Å²) in [6, 6.07) is 10.1. The van der Waals surface area contributed by atoms with E-state index in [-0.39, 0.29) is 11.1 Å². The Bertz CT molecular complexity index is 836. The Labute approximate surface area is 148 Å². The van der Waals surface area contributed by atoms with Gasteiger partial charge in [0.1, 0.15) is 6.10 Å². The van der Waals surface area contributed by atoms with Crippen LogP contribution in [0, 0.1) is 10.1 Å². The van der Waals surface area contributed by atoms with Crippen molar-refractivity contribution in [3.63, 3.8) is 0 Å². The zero-order valence-corrected chi connectivity index (χ0v) is 14.1. The Morgan fingerprint density at radius 2 is 1.72 bits per heavy atom. The number of hydrogen-bond acceptors (Lipinski definition) is 6. The normalized spacial score (nSPS) is 11.5. The fraction of sp³-hybridized carbons (Fsp3) is 0.176. The zero-order chi connectivity index (χ0) is 18.6. The Morgan fingerprint density at radius 1 is 1.12 bits per heavy atom. The maximum Gasteiger partial charge on any atom is 0.339 e. The van der Waals surface area contributed by atoms with Crippen LogP contribution < -0.4 is 0 Å². The number of methoxy groups -OCH3 is 1. The second-order valence-corrected chi connectivity index (χ2v) is 5.49. The van der Waals surface area contributed by atoms with Crippen molar-refractivity contribution in [2.24, 2.45) is 0 Å². The summed E-state index contributed by atoms with van der Waals surface area (Å²) in [5.74, 6) is -1.61. The second kappa shape index (κ2) is 7.76. The van der Waals surface area contributed by atoms with Gasteiger partial charge in [0.25, 0.3) is 5.69 Å². The molecular weight excluding hydrogens is 350 g/mol. The molecule has 0 aliphatic rings. The molecule has 2 aromatic rings. The smallest absolute Gasteiger partial charge is 0.339 e. The number of rotatable bonds is 5. The maximum absolute atomic E-state index is 12.3. The van der Waals surface area contributed by atoms with Crippen LogP contribution in [0.2, 0.25) is 5.02 Å². The highest BCUT2D eigenvalue weighted by atomic mass is 35.5. The van der Waals surface area contributed by atoms with E-state index >= 15 is 0 Å². The van der Waals surface area contributed by atoms with Gasteiger partial charge in [-0.05, 0) is 19.1 Å². The van der Waals surface area contributed by atoms with Crippen LogP contribution in [-0.2, 0) is 9.47 Å². The minimum Gasteiger partial charge on any atom is -0.465 e. The number of nitrogens with zero attached hydrogens (tertiary/aromatic N) is 1. The molecule has 8 heteroatoms. The Balaban J connectivity index is 2.32. The number of benzene rings is 2. The molecule has 0 radical (unpaired) electrons. The molecule has 25 heavy (non-hydrogen) atoms. The summed E-state index contributed by atoms with van der Waals surface area (Å²) in [5.41, 5.74) is -0.0704. The molecule has 0 amide bonds. The van der Waals surface area contributed by atoms with Gasteiger partial charge in [-0.15, -0.1) is 0 Å². The summed E-state index contributed by atoms with van der Waals surface area (Å²) in [4.78, 5) is 34.3. The van der Waals surface area contributed by atoms with E-state index in [9.17, 15) is 19.7 Å². The van der Waals surface area contributed by atoms with E-state index in [4.69, 9.17) is 16.3 Å². The molecule has 0 heterocycles. The summed E-state index contributed by atoms with van der Waals surface area (Å²) >= 11 is 6.06. The van der Waals surface area contributed by atoms with Gasteiger partial charge in [-0.3, -0.25) is 10.1 Å². The fourth-order valence-corrected chi connectivity index (χ4v) is 2.46. The first-order valence-electron chi connectivity index (χ1n) is 7.16. The summed E-state index contributed by atoms with van der Waals surface area (Å²) in [5, 5.41) is 11.4. The van der Waals surface area contributed by atoms with Crippen molar-refractivity contribution in [3.8, 4) is 0 Å². The first-order valence-corrected chi connectivity index (χ1v) is 7.54. The van der Waals surface area contributed by atoms with Gasteiger partial charge in [0.2, 0.25) is 0 Å². The van der Waals surface area contributed by atoms with E-state index < -0.39 is 28.7 Å². The largest absolute Gasteiger partial charge is 0.465 e. The van der Waals surface area contributed by atoms with E-state index in [1.54, 1.807) is 31.2 Å².